The highest BCUT2D eigenvalue weighted by Crippen LogP contribution is 2.25. The number of hydrogen-bond acceptors (Lipinski definition) is 11. The van der Waals surface area contributed by atoms with Crippen molar-refractivity contribution in [3.63, 3.8) is 0 Å². The minimum Gasteiger partial charge on any atom is -0.507 e. The van der Waals surface area contributed by atoms with Crippen molar-refractivity contribution in [2.75, 3.05) is 19.7 Å². The molecular weight excluding hydrogens is 795 g/mol. The van der Waals surface area contributed by atoms with Gasteiger partial charge in [0, 0.05) is 19.2 Å². The van der Waals surface area contributed by atoms with Gasteiger partial charge in [0.1, 0.15) is 30.5 Å². The van der Waals surface area contributed by atoms with Gasteiger partial charge in [0.05, 0.1) is 11.5 Å². The lowest BCUT2D eigenvalue weighted by molar-refractivity contribution is -0.167. The summed E-state index contributed by atoms with van der Waals surface area (Å²) in [6.07, 6.45) is 22.0. The number of unbranched alkanes of at least 4 members (excludes halogenated alkanes) is 14. The maximum atomic E-state index is 13.8. The Labute approximate surface area is 369 Å². The second-order valence-electron chi connectivity index (χ2n) is 16.9. The van der Waals surface area contributed by atoms with Crippen LogP contribution in [0.4, 0.5) is 0 Å². The van der Waals surface area contributed by atoms with E-state index < -0.39 is 59.7 Å². The Morgan fingerprint density at radius 2 is 1.63 bits per heavy atom. The maximum absolute atomic E-state index is 13.8. The molecule has 5 atom stereocenters. The molecule has 1 fully saturated rings. The topological polar surface area (TPSA) is 207 Å². The second kappa shape index (κ2) is 29.0. The number of aryl methyl sites for hydroxylation is 1. The molecule has 0 spiro atoms. The lowest BCUT2D eigenvalue weighted by atomic mass is 10.00. The highest BCUT2D eigenvalue weighted by atomic mass is 16.5. The van der Waals surface area contributed by atoms with E-state index in [9.17, 15) is 39.5 Å². The number of ether oxygens (including phenoxy) is 2. The van der Waals surface area contributed by atoms with E-state index in [-0.39, 0.29) is 44.2 Å². The van der Waals surface area contributed by atoms with E-state index in [0.29, 0.717) is 53.4 Å². The van der Waals surface area contributed by atoms with Gasteiger partial charge in [0.25, 0.3) is 11.8 Å². The molecule has 5 N–H and O–H groups in total. The molecule has 2 aliphatic heterocycles. The molecule has 0 aromatic heterocycles. The van der Waals surface area contributed by atoms with Gasteiger partial charge in [-0.05, 0) is 76.3 Å². The summed E-state index contributed by atoms with van der Waals surface area (Å²) in [4.78, 5) is 70.1. The van der Waals surface area contributed by atoms with Crippen LogP contribution in [0.15, 0.2) is 35.3 Å². The van der Waals surface area contributed by atoms with Gasteiger partial charge in [0.2, 0.25) is 17.7 Å². The number of carbonyl (C=O) groups excluding carboxylic acids is 5. The zero-order valence-electron chi connectivity index (χ0n) is 37.8. The zero-order valence-corrected chi connectivity index (χ0v) is 37.8. The number of esters is 1. The molecule has 15 nitrogen and oxygen atoms in total. The Balaban J connectivity index is 1.51. The van der Waals surface area contributed by atoms with Crippen molar-refractivity contribution in [2.24, 2.45) is 10.9 Å². The number of hydroxylamine groups is 4. The standard InChI is InChI=1S/C47H75N5O10/c1-5-7-8-9-10-11-12-13-14-15-16-17-18-19-20-30-41(54)51(59)31-23-22-28-37(49-44(56)38-33-61-45(50-38)42-34(3)26-25-29-39(42)53)47(58)62-40(6-2)35(4)43(55)48-36-27-21-24-32-52(60)46(36)57/h20,25-26,29-30,35-38,40,53,59-60H,5-19,21-24,27-28,31-33H2,1-4H3,(H,48,55)(H,49,56)/t35-,36+,37+,38+,40+/m1/s1. The predicted octanol–water partition coefficient (Wildman–Crippen LogP) is 7.60. The highest BCUT2D eigenvalue weighted by Gasteiger charge is 2.36. The Kier molecular flexibility index (Phi) is 24.2. The number of aliphatic imine (C=N–C) groups is 1. The lowest BCUT2D eigenvalue weighted by Gasteiger charge is -2.27. The van der Waals surface area contributed by atoms with Crippen LogP contribution in [0, 0.1) is 12.8 Å². The number of phenols is 1. The van der Waals surface area contributed by atoms with Gasteiger partial charge in [0.15, 0.2) is 6.04 Å². The van der Waals surface area contributed by atoms with E-state index in [1.807, 2.05) is 0 Å². The first-order valence-corrected chi connectivity index (χ1v) is 23.4. The molecule has 3 rings (SSSR count). The predicted molar refractivity (Wildman–Crippen MR) is 236 cm³/mol. The number of phenolic OH excluding ortho intramolecular Hbond substituents is 1. The van der Waals surface area contributed by atoms with Crippen LogP contribution in [0.3, 0.4) is 0 Å². The third-order valence-electron chi connectivity index (χ3n) is 11.7. The minimum absolute atomic E-state index is 0.00160. The van der Waals surface area contributed by atoms with Crippen LogP contribution in [0.2, 0.25) is 0 Å². The largest absolute Gasteiger partial charge is 0.507 e. The summed E-state index contributed by atoms with van der Waals surface area (Å²) in [5, 5.41) is 37.5. The SMILES string of the molecule is CCCCCCCCCCCCCCCC=CC(=O)N(O)CCCC[C@H](NC(=O)[C@@H]1COC(c2c(C)cccc2O)=N1)C(=O)O[C@@H](CC)[C@@H](C)C(=O)N[C@H]1CCCCN(O)C1=O. The molecule has 15 heteroatoms. The summed E-state index contributed by atoms with van der Waals surface area (Å²) in [5.74, 6) is -3.86. The number of aromatic hydroxyl groups is 1. The summed E-state index contributed by atoms with van der Waals surface area (Å²) < 4.78 is 11.5. The van der Waals surface area contributed by atoms with Crippen LogP contribution < -0.4 is 10.6 Å². The first kappa shape index (κ1) is 51.8. The number of benzene rings is 1. The van der Waals surface area contributed by atoms with Crippen LogP contribution in [0.5, 0.6) is 5.75 Å². The number of amides is 4. The number of carbonyl (C=O) groups is 5. The van der Waals surface area contributed by atoms with Gasteiger partial charge in [-0.1, -0.05) is 116 Å². The number of allylic oxidation sites excluding steroid dienone is 1. The molecule has 0 unspecified atom stereocenters. The van der Waals surface area contributed by atoms with E-state index in [1.54, 1.807) is 39.0 Å². The zero-order chi connectivity index (χ0) is 45.3. The molecule has 1 aromatic rings. The molecule has 1 aromatic carbocycles. The lowest BCUT2D eigenvalue weighted by Crippen LogP contribution is -2.50. The summed E-state index contributed by atoms with van der Waals surface area (Å²) in [6.45, 7) is 7.41. The number of nitrogens with one attached hydrogen (secondary N) is 2. The molecule has 4 amide bonds. The van der Waals surface area contributed by atoms with Crippen LogP contribution >= 0.6 is 0 Å². The summed E-state index contributed by atoms with van der Waals surface area (Å²) in [7, 11) is 0. The van der Waals surface area contributed by atoms with Crippen molar-refractivity contribution < 1.29 is 49.0 Å². The van der Waals surface area contributed by atoms with Gasteiger partial charge in [-0.2, -0.15) is 0 Å². The maximum Gasteiger partial charge on any atom is 0.328 e. The monoisotopic (exact) mass is 870 g/mol. The van der Waals surface area contributed by atoms with Gasteiger partial charge >= 0.3 is 5.97 Å². The van der Waals surface area contributed by atoms with Gasteiger partial charge in [-0.15, -0.1) is 0 Å². The molecule has 0 saturated carbocycles. The minimum atomic E-state index is -1.17. The fraction of sp³-hybridized carbons (Fsp3) is 0.702. The average molecular weight is 870 g/mol. The summed E-state index contributed by atoms with van der Waals surface area (Å²) in [5.41, 5.74) is 1.07. The second-order valence-corrected chi connectivity index (χ2v) is 16.9. The molecule has 2 heterocycles. The van der Waals surface area contributed by atoms with Crippen LogP contribution in [0.25, 0.3) is 0 Å². The van der Waals surface area contributed by atoms with E-state index in [2.05, 4.69) is 22.5 Å². The highest BCUT2D eigenvalue weighted by molar-refractivity contribution is 6.01. The first-order chi connectivity index (χ1) is 29.9. The van der Waals surface area contributed by atoms with E-state index in [1.165, 1.54) is 82.8 Å². The number of hydrogen-bond donors (Lipinski definition) is 5. The quantitative estimate of drug-likeness (QED) is 0.0175. The summed E-state index contributed by atoms with van der Waals surface area (Å²) in [6, 6.07) is 1.85. The number of nitrogens with zero attached hydrogens (tertiary/aromatic N) is 3. The van der Waals surface area contributed by atoms with Gasteiger partial charge < -0.3 is 25.2 Å². The van der Waals surface area contributed by atoms with E-state index >= 15 is 0 Å². The Morgan fingerprint density at radius 1 is 0.968 bits per heavy atom. The van der Waals surface area contributed by atoms with Gasteiger partial charge in [-0.25, -0.2) is 19.9 Å². The Hall–Kier alpha value is -4.50. The van der Waals surface area contributed by atoms with Crippen LogP contribution in [0.1, 0.15) is 167 Å². The average Bonchev–Trinajstić information content (AvgIpc) is 3.69. The molecule has 348 valence electrons. The Bertz CT molecular complexity index is 1600. The summed E-state index contributed by atoms with van der Waals surface area (Å²) >= 11 is 0. The van der Waals surface area contributed by atoms with Crippen molar-refractivity contribution >= 4 is 35.5 Å². The number of rotatable bonds is 29. The van der Waals surface area contributed by atoms with Crippen LogP contribution in [-0.4, -0.2) is 105 Å². The van der Waals surface area contributed by atoms with Crippen molar-refractivity contribution in [3.8, 4) is 5.75 Å². The molecular formula is C47H75N5O10. The molecule has 62 heavy (non-hydrogen) atoms. The van der Waals surface area contributed by atoms with Crippen molar-refractivity contribution in [1.82, 2.24) is 20.8 Å². The molecule has 0 radical (unpaired) electrons. The fourth-order valence-electron chi connectivity index (χ4n) is 7.76. The van der Waals surface area contributed by atoms with E-state index in [4.69, 9.17) is 9.47 Å². The van der Waals surface area contributed by atoms with Gasteiger partial charge in [-0.3, -0.25) is 29.6 Å². The molecule has 0 aliphatic carbocycles. The third-order valence-corrected chi connectivity index (χ3v) is 11.7. The molecule has 2 aliphatic rings. The normalized spacial score (nSPS) is 18.1. The van der Waals surface area contributed by atoms with Crippen molar-refractivity contribution in [1.29, 1.82) is 0 Å². The molecule has 0 bridgehead atoms. The van der Waals surface area contributed by atoms with Crippen molar-refractivity contribution in [2.45, 2.75) is 187 Å². The third kappa shape index (κ3) is 18.1. The smallest absolute Gasteiger partial charge is 0.328 e. The Morgan fingerprint density at radius 3 is 2.27 bits per heavy atom. The first-order valence-electron chi connectivity index (χ1n) is 23.4. The van der Waals surface area contributed by atoms with Crippen molar-refractivity contribution in [3.05, 3.63) is 41.5 Å². The fourth-order valence-corrected chi connectivity index (χ4v) is 7.76. The van der Waals surface area contributed by atoms with E-state index in [0.717, 1.165) is 19.3 Å². The molecule has 1 saturated heterocycles. The van der Waals surface area contributed by atoms with Crippen LogP contribution in [-0.2, 0) is 33.4 Å².